The standard InChI is InChI=1S/C16H22N4O3S/c1-11-7-13(18-19(11)4)15(21)20(9-14-17-5-6-24-14)8-12-10-22-16(2,3)23-12/h5-7,12H,8-10H2,1-4H3/t12-/m1/s1. The van der Waals surface area contributed by atoms with Crippen molar-refractivity contribution in [2.24, 2.45) is 7.05 Å². The minimum Gasteiger partial charge on any atom is -0.348 e. The van der Waals surface area contributed by atoms with Gasteiger partial charge >= 0.3 is 0 Å². The van der Waals surface area contributed by atoms with E-state index < -0.39 is 5.79 Å². The SMILES string of the molecule is Cc1cc(C(=O)N(Cc2nccs2)C[C@@H]2COC(C)(C)O2)nn1C. The number of rotatable bonds is 5. The van der Waals surface area contributed by atoms with Crippen LogP contribution in [0.5, 0.6) is 0 Å². The molecule has 1 fully saturated rings. The van der Waals surface area contributed by atoms with E-state index in [1.165, 1.54) is 11.3 Å². The van der Waals surface area contributed by atoms with Gasteiger partial charge < -0.3 is 14.4 Å². The summed E-state index contributed by atoms with van der Waals surface area (Å²) in [6.45, 7) is 7.02. The highest BCUT2D eigenvalue weighted by atomic mass is 32.1. The molecule has 7 nitrogen and oxygen atoms in total. The van der Waals surface area contributed by atoms with E-state index in [4.69, 9.17) is 9.47 Å². The molecule has 0 spiro atoms. The molecule has 0 radical (unpaired) electrons. The van der Waals surface area contributed by atoms with E-state index in [1.807, 2.05) is 33.2 Å². The van der Waals surface area contributed by atoms with Crippen LogP contribution in [0.4, 0.5) is 0 Å². The highest BCUT2D eigenvalue weighted by molar-refractivity contribution is 7.09. The number of carbonyl (C=O) groups is 1. The van der Waals surface area contributed by atoms with Crippen LogP contribution in [-0.4, -0.2) is 50.6 Å². The summed E-state index contributed by atoms with van der Waals surface area (Å²) >= 11 is 1.53. The number of hydrogen-bond acceptors (Lipinski definition) is 6. The Labute approximate surface area is 145 Å². The summed E-state index contributed by atoms with van der Waals surface area (Å²) in [4.78, 5) is 18.9. The van der Waals surface area contributed by atoms with E-state index in [0.717, 1.165) is 10.7 Å². The van der Waals surface area contributed by atoms with Gasteiger partial charge in [0.25, 0.3) is 5.91 Å². The molecule has 2 aromatic heterocycles. The second-order valence-electron chi connectivity index (χ2n) is 6.36. The monoisotopic (exact) mass is 350 g/mol. The molecule has 1 saturated heterocycles. The maximum atomic E-state index is 12.9. The first-order chi connectivity index (χ1) is 11.3. The summed E-state index contributed by atoms with van der Waals surface area (Å²) in [5, 5.41) is 7.09. The minimum absolute atomic E-state index is 0.123. The van der Waals surface area contributed by atoms with Crippen molar-refractivity contribution >= 4 is 17.2 Å². The zero-order chi connectivity index (χ0) is 17.3. The maximum absolute atomic E-state index is 12.9. The van der Waals surface area contributed by atoms with Gasteiger partial charge in [0.05, 0.1) is 19.7 Å². The average Bonchev–Trinajstić information content (AvgIpc) is 3.21. The maximum Gasteiger partial charge on any atom is 0.274 e. The molecule has 1 aliphatic heterocycles. The Hall–Kier alpha value is -1.77. The van der Waals surface area contributed by atoms with Gasteiger partial charge in [0.1, 0.15) is 11.1 Å². The smallest absolute Gasteiger partial charge is 0.274 e. The van der Waals surface area contributed by atoms with Crippen LogP contribution in [-0.2, 0) is 23.1 Å². The molecule has 0 bridgehead atoms. The Morgan fingerprint density at radius 3 is 2.88 bits per heavy atom. The zero-order valence-electron chi connectivity index (χ0n) is 14.4. The topological polar surface area (TPSA) is 69.5 Å². The lowest BCUT2D eigenvalue weighted by atomic mass is 10.2. The lowest BCUT2D eigenvalue weighted by molar-refractivity contribution is -0.139. The third kappa shape index (κ3) is 3.82. The van der Waals surface area contributed by atoms with Crippen molar-refractivity contribution in [3.63, 3.8) is 0 Å². The first kappa shape index (κ1) is 17.1. The second-order valence-corrected chi connectivity index (χ2v) is 7.34. The Balaban J connectivity index is 1.77. The molecular weight excluding hydrogens is 328 g/mol. The van der Waals surface area contributed by atoms with Crippen molar-refractivity contribution in [1.29, 1.82) is 0 Å². The van der Waals surface area contributed by atoms with Gasteiger partial charge in [0.15, 0.2) is 11.5 Å². The molecule has 0 N–H and O–H groups in total. The lowest BCUT2D eigenvalue weighted by Crippen LogP contribution is -2.39. The Bertz CT molecular complexity index is 691. The molecule has 3 heterocycles. The molecule has 0 aliphatic carbocycles. The minimum atomic E-state index is -0.609. The van der Waals surface area contributed by atoms with Gasteiger partial charge in [0.2, 0.25) is 0 Å². The summed E-state index contributed by atoms with van der Waals surface area (Å²) in [5.41, 5.74) is 1.37. The summed E-state index contributed by atoms with van der Waals surface area (Å²) in [7, 11) is 1.83. The summed E-state index contributed by atoms with van der Waals surface area (Å²) in [6, 6.07) is 1.80. The van der Waals surface area contributed by atoms with E-state index in [0.29, 0.717) is 25.4 Å². The van der Waals surface area contributed by atoms with E-state index in [2.05, 4.69) is 10.1 Å². The highest BCUT2D eigenvalue weighted by Crippen LogP contribution is 2.24. The Kier molecular flexibility index (Phi) is 4.71. The van der Waals surface area contributed by atoms with Gasteiger partial charge in [-0.2, -0.15) is 5.10 Å². The first-order valence-corrected chi connectivity index (χ1v) is 8.72. The molecule has 1 aliphatic rings. The zero-order valence-corrected chi connectivity index (χ0v) is 15.2. The van der Waals surface area contributed by atoms with E-state index in [9.17, 15) is 4.79 Å². The molecule has 1 atom stereocenters. The van der Waals surface area contributed by atoms with Crippen LogP contribution in [0, 0.1) is 6.92 Å². The number of aromatic nitrogens is 3. The molecule has 130 valence electrons. The fourth-order valence-corrected chi connectivity index (χ4v) is 3.27. The van der Waals surface area contributed by atoms with Crippen molar-refractivity contribution in [2.45, 2.75) is 39.2 Å². The number of thiazole rings is 1. The van der Waals surface area contributed by atoms with Gasteiger partial charge in [-0.3, -0.25) is 9.48 Å². The number of carbonyl (C=O) groups excluding carboxylic acids is 1. The van der Waals surface area contributed by atoms with Crippen LogP contribution < -0.4 is 0 Å². The number of hydrogen-bond donors (Lipinski definition) is 0. The van der Waals surface area contributed by atoms with Gasteiger partial charge in [-0.05, 0) is 26.8 Å². The summed E-state index contributed by atoms with van der Waals surface area (Å²) in [5.74, 6) is -0.732. The van der Waals surface area contributed by atoms with Crippen molar-refractivity contribution in [2.75, 3.05) is 13.2 Å². The van der Waals surface area contributed by atoms with Gasteiger partial charge in [-0.15, -0.1) is 11.3 Å². The third-order valence-electron chi connectivity index (χ3n) is 3.92. The third-order valence-corrected chi connectivity index (χ3v) is 4.69. The number of ether oxygens (including phenoxy) is 2. The molecule has 24 heavy (non-hydrogen) atoms. The molecular formula is C16H22N4O3S. The average molecular weight is 350 g/mol. The van der Waals surface area contributed by atoms with Crippen LogP contribution in [0.2, 0.25) is 0 Å². The number of aryl methyl sites for hydroxylation is 2. The fourth-order valence-electron chi connectivity index (χ4n) is 2.64. The Morgan fingerprint density at radius 2 is 2.33 bits per heavy atom. The highest BCUT2D eigenvalue weighted by Gasteiger charge is 2.35. The van der Waals surface area contributed by atoms with Crippen LogP contribution in [0.25, 0.3) is 0 Å². The summed E-state index contributed by atoms with van der Waals surface area (Å²) in [6.07, 6.45) is 1.58. The normalized spacial score (nSPS) is 19.6. The molecule has 3 rings (SSSR count). The predicted octanol–water partition coefficient (Wildman–Crippen LogP) is 1.98. The van der Waals surface area contributed by atoms with E-state index in [-0.39, 0.29) is 12.0 Å². The quantitative estimate of drug-likeness (QED) is 0.825. The van der Waals surface area contributed by atoms with Crippen molar-refractivity contribution in [1.82, 2.24) is 19.7 Å². The summed E-state index contributed by atoms with van der Waals surface area (Å²) < 4.78 is 13.2. The lowest BCUT2D eigenvalue weighted by Gasteiger charge is -2.24. The molecule has 0 unspecified atom stereocenters. The molecule has 0 aromatic carbocycles. The molecule has 8 heteroatoms. The van der Waals surface area contributed by atoms with Gasteiger partial charge in [-0.25, -0.2) is 4.98 Å². The molecule has 0 saturated carbocycles. The van der Waals surface area contributed by atoms with Crippen LogP contribution in [0.15, 0.2) is 17.6 Å². The molecule has 2 aromatic rings. The van der Waals surface area contributed by atoms with Crippen LogP contribution >= 0.6 is 11.3 Å². The van der Waals surface area contributed by atoms with Crippen LogP contribution in [0.1, 0.15) is 35.0 Å². The predicted molar refractivity (Wildman–Crippen MR) is 89.7 cm³/mol. The van der Waals surface area contributed by atoms with E-state index in [1.54, 1.807) is 21.8 Å². The Morgan fingerprint density at radius 1 is 1.54 bits per heavy atom. The first-order valence-electron chi connectivity index (χ1n) is 7.84. The van der Waals surface area contributed by atoms with Gasteiger partial charge in [-0.1, -0.05) is 0 Å². The largest absolute Gasteiger partial charge is 0.348 e. The van der Waals surface area contributed by atoms with Crippen molar-refractivity contribution in [3.05, 3.63) is 34.0 Å². The van der Waals surface area contributed by atoms with Crippen molar-refractivity contribution < 1.29 is 14.3 Å². The molecule has 1 amide bonds. The van der Waals surface area contributed by atoms with Gasteiger partial charge in [0, 0.05) is 24.3 Å². The van der Waals surface area contributed by atoms with E-state index >= 15 is 0 Å². The number of amides is 1. The second kappa shape index (κ2) is 6.62. The van der Waals surface area contributed by atoms with Crippen molar-refractivity contribution in [3.8, 4) is 0 Å². The van der Waals surface area contributed by atoms with Crippen LogP contribution in [0.3, 0.4) is 0 Å². The number of nitrogens with zero attached hydrogens (tertiary/aromatic N) is 4. The fraction of sp³-hybridized carbons (Fsp3) is 0.562.